The maximum atomic E-state index is 2.63. The van der Waals surface area contributed by atoms with Crippen molar-refractivity contribution < 1.29 is 0 Å². The minimum atomic E-state index is 0.0298. The molecular weight excluding hydrogens is 745 g/mol. The zero-order chi connectivity index (χ0) is 41.8. The van der Waals surface area contributed by atoms with Crippen LogP contribution < -0.4 is 10.4 Å². The Labute approximate surface area is 363 Å². The van der Waals surface area contributed by atoms with Gasteiger partial charge in [0, 0.05) is 0 Å². The minimum absolute atomic E-state index is 0.0298. The maximum Gasteiger partial charge on any atom is -0.000763 e. The first-order valence-electron chi connectivity index (χ1n) is 22.9. The molecule has 13 rings (SSSR count). The predicted octanol–water partition coefficient (Wildman–Crippen LogP) is 15.4. The Morgan fingerprint density at radius 1 is 0.387 bits per heavy atom. The molecule has 0 bridgehead atoms. The van der Waals surface area contributed by atoms with Crippen molar-refractivity contribution in [2.45, 2.75) is 78.1 Å². The summed E-state index contributed by atoms with van der Waals surface area (Å²) in [5.74, 6) is 0. The molecule has 0 heteroatoms. The Hall–Kier alpha value is -6.50. The molecule has 10 aromatic carbocycles. The molecule has 0 spiro atoms. The van der Waals surface area contributed by atoms with Crippen LogP contribution in [0.1, 0.15) is 82.2 Å². The van der Waals surface area contributed by atoms with E-state index in [0.29, 0.717) is 0 Å². The minimum Gasteiger partial charge on any atom is -0.0760 e. The van der Waals surface area contributed by atoms with Gasteiger partial charge in [0.15, 0.2) is 0 Å². The van der Waals surface area contributed by atoms with Gasteiger partial charge in [-0.15, -0.1) is 0 Å². The molecule has 298 valence electrons. The molecule has 3 aliphatic rings. The molecule has 0 N–H and O–H groups in total. The van der Waals surface area contributed by atoms with Gasteiger partial charge in [-0.2, -0.15) is 0 Å². The van der Waals surface area contributed by atoms with Crippen LogP contribution in [-0.2, 0) is 23.7 Å². The van der Waals surface area contributed by atoms with E-state index in [9.17, 15) is 0 Å². The van der Waals surface area contributed by atoms with Gasteiger partial charge in [0.25, 0.3) is 0 Å². The van der Waals surface area contributed by atoms with E-state index in [-0.39, 0.29) is 10.8 Å². The van der Waals surface area contributed by atoms with Crippen LogP contribution in [0.5, 0.6) is 0 Å². The highest BCUT2D eigenvalue weighted by molar-refractivity contribution is 6.37. The van der Waals surface area contributed by atoms with Crippen molar-refractivity contribution in [3.63, 3.8) is 0 Å². The summed E-state index contributed by atoms with van der Waals surface area (Å²) in [4.78, 5) is 0. The van der Waals surface area contributed by atoms with E-state index in [2.05, 4.69) is 187 Å². The highest BCUT2D eigenvalue weighted by Gasteiger charge is 2.32. The molecule has 0 unspecified atom stereocenters. The summed E-state index contributed by atoms with van der Waals surface area (Å²) in [5, 5.41) is 19.5. The topological polar surface area (TPSA) is 0 Å². The maximum absolute atomic E-state index is 2.63. The second-order valence-corrected chi connectivity index (χ2v) is 20.5. The fourth-order valence-corrected chi connectivity index (χ4v) is 12.3. The largest absolute Gasteiger partial charge is 0.0760 e. The van der Waals surface area contributed by atoms with Gasteiger partial charge < -0.3 is 0 Å². The number of aryl methyl sites for hydroxylation is 2. The lowest BCUT2D eigenvalue weighted by Gasteiger charge is -2.27. The van der Waals surface area contributed by atoms with Crippen molar-refractivity contribution in [2.24, 2.45) is 0 Å². The van der Waals surface area contributed by atoms with Crippen LogP contribution in [0.25, 0.3) is 110 Å². The van der Waals surface area contributed by atoms with E-state index in [1.54, 1.807) is 11.1 Å². The second-order valence-electron chi connectivity index (χ2n) is 20.5. The normalized spacial score (nSPS) is 14.5. The Kier molecular flexibility index (Phi) is 7.32. The first-order chi connectivity index (χ1) is 30.1. The summed E-state index contributed by atoms with van der Waals surface area (Å²) in [5.41, 5.74) is 17.1. The van der Waals surface area contributed by atoms with Crippen LogP contribution in [0.15, 0.2) is 140 Å². The number of hydrogen-bond acceptors (Lipinski definition) is 0. The molecule has 0 saturated heterocycles. The molecule has 0 nitrogen and oxygen atoms in total. The lowest BCUT2D eigenvalue weighted by Crippen LogP contribution is -2.26. The van der Waals surface area contributed by atoms with Crippen molar-refractivity contribution in [3.05, 3.63) is 178 Å². The summed E-state index contributed by atoms with van der Waals surface area (Å²) in [6.07, 6.45) is 6.94. The lowest BCUT2D eigenvalue weighted by atomic mass is 9.76. The fourth-order valence-electron chi connectivity index (χ4n) is 12.3. The van der Waals surface area contributed by atoms with Gasteiger partial charge in [-0.3, -0.25) is 0 Å². The molecule has 0 atom stereocenters. The SMILES string of the molecule is CC(C)(C)c1ccc2c(c1)c1ccccc1c1c(-c3ccccc3)c3cc4c(cc3c(-c3ccccc3)c21)C1=c2c-4ccc3c2c(c2c4c(c(C(C)(C)C)ccc43)=CCC2)CC1. The van der Waals surface area contributed by atoms with Gasteiger partial charge in [0.2, 0.25) is 0 Å². The van der Waals surface area contributed by atoms with E-state index in [4.69, 9.17) is 0 Å². The summed E-state index contributed by atoms with van der Waals surface area (Å²) in [6, 6.07) is 54.1. The average Bonchev–Trinajstić information content (AvgIpc) is 3.60. The molecule has 0 amide bonds. The molecule has 62 heavy (non-hydrogen) atoms. The predicted molar refractivity (Wildman–Crippen MR) is 268 cm³/mol. The molecule has 10 aromatic rings. The van der Waals surface area contributed by atoms with Gasteiger partial charge in [-0.25, -0.2) is 0 Å². The van der Waals surface area contributed by atoms with Crippen LogP contribution in [0.3, 0.4) is 0 Å². The standard InChI is InChI=1S/C62H50/c1-61(2,3)37-24-25-46-48(32-37)38-20-13-14-21-39(38)59-54(35-16-9-7-10-17-35)51-33-49-45-29-27-43-41-30-31-53(62(4,5)6)47-23-15-22-40(56(41)47)42-26-28-44(58(45)57(42)43)50(49)34-52(51)55(60(46)59)36-18-11-8-12-19-36/h7-14,16-21,23-25,27,29-34H,15,22,26,28H2,1-6H3. The first-order valence-corrected chi connectivity index (χ1v) is 22.9. The van der Waals surface area contributed by atoms with Crippen LogP contribution in [0.4, 0.5) is 0 Å². The van der Waals surface area contributed by atoms with E-state index < -0.39 is 0 Å². The molecule has 0 radical (unpaired) electrons. The van der Waals surface area contributed by atoms with E-state index in [1.165, 1.54) is 131 Å². The first kappa shape index (κ1) is 36.2. The van der Waals surface area contributed by atoms with Crippen molar-refractivity contribution >= 4 is 76.3 Å². The third kappa shape index (κ3) is 4.84. The van der Waals surface area contributed by atoms with Crippen LogP contribution in [-0.4, -0.2) is 0 Å². The number of hydrogen-bond donors (Lipinski definition) is 0. The van der Waals surface area contributed by atoms with Crippen LogP contribution >= 0.6 is 0 Å². The molecule has 0 fully saturated rings. The Morgan fingerprint density at radius 2 is 0.952 bits per heavy atom. The third-order valence-corrected chi connectivity index (χ3v) is 15.0. The Balaban J connectivity index is 1.22. The van der Waals surface area contributed by atoms with Crippen molar-refractivity contribution in [1.29, 1.82) is 0 Å². The number of rotatable bonds is 2. The van der Waals surface area contributed by atoms with Crippen molar-refractivity contribution in [3.8, 4) is 33.4 Å². The third-order valence-electron chi connectivity index (χ3n) is 15.0. The fraction of sp³-hybridized carbons (Fsp3) is 0.194. The summed E-state index contributed by atoms with van der Waals surface area (Å²) in [7, 11) is 0. The highest BCUT2D eigenvalue weighted by Crippen LogP contribution is 2.53. The van der Waals surface area contributed by atoms with Gasteiger partial charge in [-0.1, -0.05) is 169 Å². The highest BCUT2D eigenvalue weighted by atomic mass is 14.4. The van der Waals surface area contributed by atoms with E-state index >= 15 is 0 Å². The zero-order valence-electron chi connectivity index (χ0n) is 36.7. The van der Waals surface area contributed by atoms with Crippen molar-refractivity contribution in [2.75, 3.05) is 0 Å². The Morgan fingerprint density at radius 3 is 1.63 bits per heavy atom. The Bertz CT molecular complexity index is 3770. The molecule has 3 aliphatic carbocycles. The molecule has 0 heterocycles. The molecule has 0 saturated carbocycles. The zero-order valence-corrected chi connectivity index (χ0v) is 36.7. The number of fused-ring (bicyclic) bond motifs is 12. The lowest BCUT2D eigenvalue weighted by molar-refractivity contribution is 0.586. The summed E-state index contributed by atoms with van der Waals surface area (Å²) < 4.78 is 0. The van der Waals surface area contributed by atoms with E-state index in [1.807, 2.05) is 0 Å². The second kappa shape index (κ2) is 12.5. The van der Waals surface area contributed by atoms with Crippen LogP contribution in [0, 0.1) is 0 Å². The molecule has 0 aromatic heterocycles. The average molecular weight is 795 g/mol. The van der Waals surface area contributed by atoms with Gasteiger partial charge in [0.05, 0.1) is 0 Å². The van der Waals surface area contributed by atoms with Gasteiger partial charge in [-0.05, 0) is 197 Å². The van der Waals surface area contributed by atoms with Crippen LogP contribution in [0.2, 0.25) is 0 Å². The quantitative estimate of drug-likeness (QED) is 0.121. The molecule has 0 aliphatic heterocycles. The summed E-state index contributed by atoms with van der Waals surface area (Å²) >= 11 is 0. The van der Waals surface area contributed by atoms with Gasteiger partial charge >= 0.3 is 0 Å². The smallest absolute Gasteiger partial charge is 0.000763 e. The van der Waals surface area contributed by atoms with Gasteiger partial charge in [0.1, 0.15) is 0 Å². The number of benzene rings is 10. The van der Waals surface area contributed by atoms with Crippen molar-refractivity contribution in [1.82, 2.24) is 0 Å². The van der Waals surface area contributed by atoms with E-state index in [0.717, 1.165) is 25.7 Å². The molecular formula is C62H50. The summed E-state index contributed by atoms with van der Waals surface area (Å²) in [6.45, 7) is 14.1. The monoisotopic (exact) mass is 794 g/mol.